The highest BCUT2D eigenvalue weighted by atomic mass is 16.2. The number of benzene rings is 1. The Hall–Kier alpha value is -2.56. The molecule has 0 saturated carbocycles. The van der Waals surface area contributed by atoms with Crippen LogP contribution in [0.4, 0.5) is 0 Å². The van der Waals surface area contributed by atoms with E-state index in [0.717, 1.165) is 28.1 Å². The van der Waals surface area contributed by atoms with Crippen LogP contribution in [0.15, 0.2) is 24.3 Å². The highest BCUT2D eigenvalue weighted by Gasteiger charge is 2.25. The van der Waals surface area contributed by atoms with Gasteiger partial charge in [-0.25, -0.2) is 0 Å². The Morgan fingerprint density at radius 2 is 1.58 bits per heavy atom. The van der Waals surface area contributed by atoms with Gasteiger partial charge in [0.15, 0.2) is 0 Å². The van der Waals surface area contributed by atoms with Gasteiger partial charge in [-0.05, 0) is 62.6 Å². The van der Waals surface area contributed by atoms with Crippen molar-refractivity contribution in [2.24, 2.45) is 0 Å². The van der Waals surface area contributed by atoms with E-state index in [0.29, 0.717) is 32.6 Å². The second-order valence-electron chi connectivity index (χ2n) is 7.25. The molecule has 5 nitrogen and oxygen atoms in total. The van der Waals surface area contributed by atoms with Crippen molar-refractivity contribution in [1.29, 1.82) is 0 Å². The summed E-state index contributed by atoms with van der Waals surface area (Å²) >= 11 is 0. The molecule has 26 heavy (non-hydrogen) atoms. The average Bonchev–Trinajstić information content (AvgIpc) is 2.94. The fraction of sp³-hybridized carbons (Fsp3) is 0.429. The standard InChI is InChI=1S/C21H27N3O2/c1-14-5-6-18(11-15(14)2)21(26)24-9-7-23(8-10-24)20(25)13-19-12-16(3)22-17(19)4/h5-6,11-12,22H,7-10,13H2,1-4H3. The zero-order valence-electron chi connectivity index (χ0n) is 16.1. The van der Waals surface area contributed by atoms with Crippen molar-refractivity contribution in [3.8, 4) is 0 Å². The number of piperazine rings is 1. The van der Waals surface area contributed by atoms with Gasteiger partial charge in [0, 0.05) is 43.1 Å². The highest BCUT2D eigenvalue weighted by Crippen LogP contribution is 2.15. The van der Waals surface area contributed by atoms with Gasteiger partial charge in [0.25, 0.3) is 5.91 Å². The molecule has 3 rings (SSSR count). The Kier molecular flexibility index (Phi) is 5.16. The topological polar surface area (TPSA) is 56.4 Å². The van der Waals surface area contributed by atoms with E-state index < -0.39 is 0 Å². The number of amides is 2. The summed E-state index contributed by atoms with van der Waals surface area (Å²) in [5.41, 5.74) is 6.23. The number of carbonyl (C=O) groups excluding carboxylic acids is 2. The smallest absolute Gasteiger partial charge is 0.253 e. The Morgan fingerprint density at radius 3 is 2.15 bits per heavy atom. The van der Waals surface area contributed by atoms with Gasteiger partial charge in [-0.1, -0.05) is 6.07 Å². The van der Waals surface area contributed by atoms with E-state index in [-0.39, 0.29) is 11.8 Å². The van der Waals surface area contributed by atoms with Crippen LogP contribution in [0.5, 0.6) is 0 Å². The molecule has 0 radical (unpaired) electrons. The van der Waals surface area contributed by atoms with Crippen molar-refractivity contribution in [3.05, 3.63) is 57.9 Å². The molecule has 1 fully saturated rings. The minimum atomic E-state index is 0.0531. The lowest BCUT2D eigenvalue weighted by Gasteiger charge is -2.35. The minimum Gasteiger partial charge on any atom is -0.362 e. The van der Waals surface area contributed by atoms with E-state index in [1.54, 1.807) is 0 Å². The fourth-order valence-electron chi connectivity index (χ4n) is 3.46. The minimum absolute atomic E-state index is 0.0531. The molecule has 2 amide bonds. The number of aromatic nitrogens is 1. The normalized spacial score (nSPS) is 14.6. The first kappa shape index (κ1) is 18.2. The van der Waals surface area contributed by atoms with Gasteiger partial charge in [-0.15, -0.1) is 0 Å². The van der Waals surface area contributed by atoms with Crippen LogP contribution in [0.3, 0.4) is 0 Å². The number of aryl methyl sites for hydroxylation is 4. The summed E-state index contributed by atoms with van der Waals surface area (Å²) in [5.74, 6) is 0.183. The average molecular weight is 353 g/mol. The molecule has 0 aliphatic carbocycles. The van der Waals surface area contributed by atoms with E-state index in [1.165, 1.54) is 5.56 Å². The van der Waals surface area contributed by atoms with Crippen LogP contribution >= 0.6 is 0 Å². The van der Waals surface area contributed by atoms with Crippen LogP contribution in [-0.4, -0.2) is 52.8 Å². The summed E-state index contributed by atoms with van der Waals surface area (Å²) in [7, 11) is 0. The molecule has 1 aliphatic heterocycles. The summed E-state index contributed by atoms with van der Waals surface area (Å²) in [6.45, 7) is 10.4. The molecule has 0 spiro atoms. The lowest BCUT2D eigenvalue weighted by atomic mass is 10.1. The summed E-state index contributed by atoms with van der Waals surface area (Å²) < 4.78 is 0. The third kappa shape index (κ3) is 3.82. The molecule has 2 heterocycles. The number of carbonyl (C=O) groups is 2. The van der Waals surface area contributed by atoms with Crippen molar-refractivity contribution in [2.75, 3.05) is 26.2 Å². The number of nitrogens with zero attached hydrogens (tertiary/aromatic N) is 2. The molecule has 0 bridgehead atoms. The first-order valence-electron chi connectivity index (χ1n) is 9.14. The van der Waals surface area contributed by atoms with Gasteiger partial charge in [-0.2, -0.15) is 0 Å². The van der Waals surface area contributed by atoms with Gasteiger partial charge < -0.3 is 14.8 Å². The number of nitrogens with one attached hydrogen (secondary N) is 1. The van der Waals surface area contributed by atoms with Crippen LogP contribution in [-0.2, 0) is 11.2 Å². The largest absolute Gasteiger partial charge is 0.362 e. The maximum absolute atomic E-state index is 12.7. The van der Waals surface area contributed by atoms with Gasteiger partial charge in [0.1, 0.15) is 0 Å². The molecule has 1 saturated heterocycles. The van der Waals surface area contributed by atoms with E-state index in [9.17, 15) is 9.59 Å². The van der Waals surface area contributed by atoms with Gasteiger partial charge in [0.05, 0.1) is 6.42 Å². The quantitative estimate of drug-likeness (QED) is 0.922. The molecule has 1 aliphatic rings. The third-order valence-corrected chi connectivity index (χ3v) is 5.27. The summed E-state index contributed by atoms with van der Waals surface area (Å²) in [6.07, 6.45) is 0.418. The van der Waals surface area contributed by atoms with Crippen LogP contribution in [0.2, 0.25) is 0 Å². The van der Waals surface area contributed by atoms with Crippen LogP contribution in [0, 0.1) is 27.7 Å². The van der Waals surface area contributed by atoms with Crippen molar-refractivity contribution in [3.63, 3.8) is 0 Å². The molecule has 138 valence electrons. The fourth-order valence-corrected chi connectivity index (χ4v) is 3.46. The molecule has 0 unspecified atom stereocenters. The lowest BCUT2D eigenvalue weighted by Crippen LogP contribution is -2.51. The molecular formula is C21H27N3O2. The highest BCUT2D eigenvalue weighted by molar-refractivity contribution is 5.94. The second-order valence-corrected chi connectivity index (χ2v) is 7.25. The maximum atomic E-state index is 12.7. The summed E-state index contributed by atoms with van der Waals surface area (Å²) in [5, 5.41) is 0. The zero-order valence-corrected chi connectivity index (χ0v) is 16.1. The van der Waals surface area contributed by atoms with E-state index in [2.05, 4.69) is 4.98 Å². The van der Waals surface area contributed by atoms with E-state index >= 15 is 0 Å². The Labute approximate surface area is 155 Å². The van der Waals surface area contributed by atoms with Gasteiger partial charge >= 0.3 is 0 Å². The summed E-state index contributed by atoms with van der Waals surface area (Å²) in [6, 6.07) is 7.86. The second kappa shape index (κ2) is 7.36. The van der Waals surface area contributed by atoms with Crippen molar-refractivity contribution >= 4 is 11.8 Å². The molecular weight excluding hydrogens is 326 g/mol. The molecule has 1 N–H and O–H groups in total. The SMILES string of the molecule is Cc1cc(CC(=O)N2CCN(C(=O)c3ccc(C)c(C)c3)CC2)c(C)[nH]1. The number of H-pyrrole nitrogens is 1. The maximum Gasteiger partial charge on any atom is 0.253 e. The van der Waals surface area contributed by atoms with Gasteiger partial charge in [0.2, 0.25) is 5.91 Å². The lowest BCUT2D eigenvalue weighted by molar-refractivity contribution is -0.131. The third-order valence-electron chi connectivity index (χ3n) is 5.27. The molecule has 1 aromatic heterocycles. The number of rotatable bonds is 3. The predicted molar refractivity (Wildman–Crippen MR) is 102 cm³/mol. The van der Waals surface area contributed by atoms with Crippen LogP contribution in [0.1, 0.15) is 38.4 Å². The van der Waals surface area contributed by atoms with Crippen molar-refractivity contribution in [1.82, 2.24) is 14.8 Å². The first-order chi connectivity index (χ1) is 12.3. The molecule has 2 aromatic rings. The zero-order chi connectivity index (χ0) is 18.8. The van der Waals surface area contributed by atoms with Crippen molar-refractivity contribution < 1.29 is 9.59 Å². The predicted octanol–water partition coefficient (Wildman–Crippen LogP) is 2.78. The van der Waals surface area contributed by atoms with Crippen molar-refractivity contribution in [2.45, 2.75) is 34.1 Å². The summed E-state index contributed by atoms with van der Waals surface area (Å²) in [4.78, 5) is 32.2. The molecule has 1 aromatic carbocycles. The molecule has 0 atom stereocenters. The van der Waals surface area contributed by atoms with Crippen LogP contribution in [0.25, 0.3) is 0 Å². The van der Waals surface area contributed by atoms with Gasteiger partial charge in [-0.3, -0.25) is 9.59 Å². The first-order valence-corrected chi connectivity index (χ1v) is 9.14. The van der Waals surface area contributed by atoms with E-state index in [1.807, 2.05) is 61.8 Å². The number of hydrogen-bond donors (Lipinski definition) is 1. The monoisotopic (exact) mass is 353 g/mol. The van der Waals surface area contributed by atoms with Crippen LogP contribution < -0.4 is 0 Å². The molecule has 5 heteroatoms. The van der Waals surface area contributed by atoms with E-state index in [4.69, 9.17) is 0 Å². The number of aromatic amines is 1. The Balaban J connectivity index is 1.58. The Bertz CT molecular complexity index is 830. The Morgan fingerprint density at radius 1 is 0.923 bits per heavy atom. The number of hydrogen-bond acceptors (Lipinski definition) is 2.